The van der Waals surface area contributed by atoms with Crippen molar-refractivity contribution in [1.29, 1.82) is 0 Å². The molecule has 1 aliphatic heterocycles. The molecule has 0 unspecified atom stereocenters. The van der Waals surface area contributed by atoms with Crippen molar-refractivity contribution in [2.24, 2.45) is 0 Å². The molecule has 0 amide bonds. The Kier molecular flexibility index (Phi) is 3.53. The number of anilines is 2. The second-order valence-corrected chi connectivity index (χ2v) is 5.53. The second kappa shape index (κ2) is 5.33. The van der Waals surface area contributed by atoms with Gasteiger partial charge in [0.2, 0.25) is 0 Å². The van der Waals surface area contributed by atoms with Crippen LogP contribution in [0.4, 0.5) is 15.8 Å². The molecule has 0 aromatic heterocycles. The first-order valence-corrected chi connectivity index (χ1v) is 7.09. The van der Waals surface area contributed by atoms with E-state index in [1.165, 1.54) is 5.56 Å². The summed E-state index contributed by atoms with van der Waals surface area (Å²) in [5, 5.41) is 0.173. The lowest BCUT2D eigenvalue weighted by Crippen LogP contribution is -2.29. The number of halogens is 2. The number of nitrogen functional groups attached to an aromatic ring is 1. The maximum Gasteiger partial charge on any atom is 0.146 e. The highest BCUT2D eigenvalue weighted by atomic mass is 35.5. The summed E-state index contributed by atoms with van der Waals surface area (Å²) in [6.45, 7) is 1.42. The third kappa shape index (κ3) is 2.46. The Bertz CT molecular complexity index is 642. The molecule has 1 heterocycles. The number of hydrogen-bond acceptors (Lipinski definition) is 2. The van der Waals surface area contributed by atoms with Gasteiger partial charge in [0.15, 0.2) is 0 Å². The number of rotatable bonds is 2. The molecule has 2 aromatic rings. The quantitative estimate of drug-likeness (QED) is 0.847. The van der Waals surface area contributed by atoms with Crippen LogP contribution in [0.25, 0.3) is 0 Å². The fraction of sp³-hybridized carbons (Fsp3) is 0.250. The molecule has 4 heteroatoms. The predicted octanol–water partition coefficient (Wildman–Crippen LogP) is 4.01. The van der Waals surface area contributed by atoms with Crippen molar-refractivity contribution >= 4 is 23.0 Å². The summed E-state index contributed by atoms with van der Waals surface area (Å²) in [5.41, 5.74) is 9.60. The lowest BCUT2D eigenvalue weighted by atomic mass is 10.0. The summed E-state index contributed by atoms with van der Waals surface area (Å²) >= 11 is 5.84. The van der Waals surface area contributed by atoms with E-state index in [1.807, 2.05) is 12.1 Å². The van der Waals surface area contributed by atoms with Crippen molar-refractivity contribution in [3.63, 3.8) is 0 Å². The SMILES string of the molecule is Nc1ccc2c(c1)N(Cc1cccc(Cl)c1F)CCC2. The first kappa shape index (κ1) is 13.3. The Morgan fingerprint density at radius 2 is 2.10 bits per heavy atom. The Morgan fingerprint density at radius 1 is 1.25 bits per heavy atom. The average Bonchev–Trinajstić information content (AvgIpc) is 2.44. The van der Waals surface area contributed by atoms with Gasteiger partial charge in [0.05, 0.1) is 5.02 Å². The summed E-state index contributed by atoms with van der Waals surface area (Å²) in [6.07, 6.45) is 2.11. The lowest BCUT2D eigenvalue weighted by Gasteiger charge is -2.31. The van der Waals surface area contributed by atoms with Crippen molar-refractivity contribution in [3.8, 4) is 0 Å². The number of benzene rings is 2. The van der Waals surface area contributed by atoms with Crippen molar-refractivity contribution in [3.05, 3.63) is 58.4 Å². The summed E-state index contributed by atoms with van der Waals surface area (Å²) in [4.78, 5) is 2.17. The zero-order valence-corrected chi connectivity index (χ0v) is 11.8. The third-order valence-electron chi connectivity index (χ3n) is 3.72. The van der Waals surface area contributed by atoms with E-state index < -0.39 is 0 Å². The standard InChI is InChI=1S/C16H16ClFN2/c17-14-5-1-3-12(16(14)18)10-20-8-2-4-11-6-7-13(19)9-15(11)20/h1,3,5-7,9H,2,4,8,10,19H2. The molecule has 2 nitrogen and oxygen atoms in total. The van der Waals surface area contributed by atoms with Crippen LogP contribution >= 0.6 is 11.6 Å². The van der Waals surface area contributed by atoms with Gasteiger partial charge >= 0.3 is 0 Å². The van der Waals surface area contributed by atoms with Gasteiger partial charge in [0.1, 0.15) is 5.82 Å². The predicted molar refractivity (Wildman–Crippen MR) is 81.6 cm³/mol. The molecule has 0 saturated carbocycles. The maximum atomic E-state index is 14.0. The molecule has 0 fully saturated rings. The van der Waals surface area contributed by atoms with E-state index in [2.05, 4.69) is 11.0 Å². The van der Waals surface area contributed by atoms with Crippen LogP contribution in [-0.2, 0) is 13.0 Å². The molecule has 20 heavy (non-hydrogen) atoms. The molecule has 0 aliphatic carbocycles. The van der Waals surface area contributed by atoms with Gasteiger partial charge in [0, 0.05) is 30.0 Å². The first-order chi connectivity index (χ1) is 9.65. The van der Waals surface area contributed by atoms with E-state index in [-0.39, 0.29) is 10.8 Å². The van der Waals surface area contributed by atoms with Gasteiger partial charge in [-0.25, -0.2) is 4.39 Å². The highest BCUT2D eigenvalue weighted by Crippen LogP contribution is 2.31. The van der Waals surface area contributed by atoms with E-state index in [1.54, 1.807) is 18.2 Å². The number of fused-ring (bicyclic) bond motifs is 1. The van der Waals surface area contributed by atoms with Crippen LogP contribution in [0.15, 0.2) is 36.4 Å². The van der Waals surface area contributed by atoms with Gasteiger partial charge in [-0.2, -0.15) is 0 Å². The minimum atomic E-state index is -0.329. The van der Waals surface area contributed by atoms with Crippen LogP contribution in [0.3, 0.4) is 0 Å². The molecular formula is C16H16ClFN2. The molecule has 0 radical (unpaired) electrons. The van der Waals surface area contributed by atoms with Crippen LogP contribution in [0.5, 0.6) is 0 Å². The van der Waals surface area contributed by atoms with Gasteiger partial charge in [-0.3, -0.25) is 0 Å². The van der Waals surface area contributed by atoms with Crippen LogP contribution < -0.4 is 10.6 Å². The van der Waals surface area contributed by atoms with Gasteiger partial charge < -0.3 is 10.6 Å². The highest BCUT2D eigenvalue weighted by molar-refractivity contribution is 6.30. The molecule has 2 N–H and O–H groups in total. The Labute approximate surface area is 123 Å². The van der Waals surface area contributed by atoms with Crippen LogP contribution in [-0.4, -0.2) is 6.54 Å². The summed E-state index contributed by atoms with van der Waals surface area (Å²) in [7, 11) is 0. The minimum absolute atomic E-state index is 0.173. The lowest BCUT2D eigenvalue weighted by molar-refractivity contribution is 0.598. The molecule has 1 aliphatic rings. The van der Waals surface area contributed by atoms with E-state index in [4.69, 9.17) is 17.3 Å². The minimum Gasteiger partial charge on any atom is -0.399 e. The van der Waals surface area contributed by atoms with E-state index in [0.717, 1.165) is 30.8 Å². The Morgan fingerprint density at radius 3 is 2.95 bits per heavy atom. The summed E-state index contributed by atoms with van der Waals surface area (Å²) in [6, 6.07) is 11.1. The normalized spacial score (nSPS) is 14.2. The van der Waals surface area contributed by atoms with Gasteiger partial charge in [-0.1, -0.05) is 29.8 Å². The Hall–Kier alpha value is -1.74. The zero-order chi connectivity index (χ0) is 14.1. The molecule has 0 saturated heterocycles. The van der Waals surface area contributed by atoms with Crippen molar-refractivity contribution in [1.82, 2.24) is 0 Å². The van der Waals surface area contributed by atoms with E-state index in [0.29, 0.717) is 12.1 Å². The zero-order valence-electron chi connectivity index (χ0n) is 11.1. The molecule has 0 spiro atoms. The molecule has 0 bridgehead atoms. The smallest absolute Gasteiger partial charge is 0.146 e. The number of nitrogens with zero attached hydrogens (tertiary/aromatic N) is 1. The van der Waals surface area contributed by atoms with Crippen molar-refractivity contribution < 1.29 is 4.39 Å². The third-order valence-corrected chi connectivity index (χ3v) is 4.01. The van der Waals surface area contributed by atoms with Gasteiger partial charge in [-0.05, 0) is 36.6 Å². The summed E-state index contributed by atoms with van der Waals surface area (Å²) in [5.74, 6) is -0.329. The average molecular weight is 291 g/mol. The van der Waals surface area contributed by atoms with Crippen LogP contribution in [0.1, 0.15) is 17.5 Å². The second-order valence-electron chi connectivity index (χ2n) is 5.13. The fourth-order valence-corrected chi connectivity index (χ4v) is 2.90. The van der Waals surface area contributed by atoms with Crippen molar-refractivity contribution in [2.45, 2.75) is 19.4 Å². The maximum absolute atomic E-state index is 14.0. The topological polar surface area (TPSA) is 29.3 Å². The molecule has 3 rings (SSSR count). The van der Waals surface area contributed by atoms with E-state index in [9.17, 15) is 4.39 Å². The molecule has 104 valence electrons. The van der Waals surface area contributed by atoms with Gasteiger partial charge in [0.25, 0.3) is 0 Å². The largest absolute Gasteiger partial charge is 0.399 e. The molecule has 0 atom stereocenters. The number of aryl methyl sites for hydroxylation is 1. The molecular weight excluding hydrogens is 275 g/mol. The number of nitrogens with two attached hydrogens (primary N) is 1. The first-order valence-electron chi connectivity index (χ1n) is 6.71. The van der Waals surface area contributed by atoms with Crippen LogP contribution in [0.2, 0.25) is 5.02 Å². The monoisotopic (exact) mass is 290 g/mol. The number of hydrogen-bond donors (Lipinski definition) is 1. The summed E-state index contributed by atoms with van der Waals surface area (Å²) < 4.78 is 14.0. The molecule has 2 aromatic carbocycles. The Balaban J connectivity index is 1.93. The van der Waals surface area contributed by atoms with Crippen LogP contribution in [0, 0.1) is 5.82 Å². The van der Waals surface area contributed by atoms with Gasteiger partial charge in [-0.15, -0.1) is 0 Å². The highest BCUT2D eigenvalue weighted by Gasteiger charge is 2.18. The fourth-order valence-electron chi connectivity index (χ4n) is 2.71. The van der Waals surface area contributed by atoms with Crippen molar-refractivity contribution in [2.75, 3.05) is 17.2 Å². The van der Waals surface area contributed by atoms with E-state index >= 15 is 0 Å².